The number of unbranched alkanes of at least 4 members (excludes halogenated alkanes) is 4. The molecule has 0 radical (unpaired) electrons. The molecule has 0 bridgehead atoms. The largest absolute Gasteiger partial charge is 0.494 e. The summed E-state index contributed by atoms with van der Waals surface area (Å²) in [6.07, 6.45) is 6.00. The topological polar surface area (TPSA) is 67.8 Å². The zero-order valence-corrected chi connectivity index (χ0v) is 12.0. The average Bonchev–Trinajstić information content (AvgIpc) is 2.42. The van der Waals surface area contributed by atoms with E-state index in [4.69, 9.17) is 27.3 Å². The van der Waals surface area contributed by atoms with Crippen LogP contribution >= 0.6 is 11.6 Å². The van der Waals surface area contributed by atoms with Gasteiger partial charge in [0.25, 0.3) is 0 Å². The number of nitrogens with two attached hydrogens (primary N) is 1. The molecule has 19 heavy (non-hydrogen) atoms. The van der Waals surface area contributed by atoms with Gasteiger partial charge in [0.15, 0.2) is 5.84 Å². The third kappa shape index (κ3) is 5.39. The van der Waals surface area contributed by atoms with Crippen LogP contribution in [-0.4, -0.2) is 17.6 Å². The number of amidine groups is 1. The van der Waals surface area contributed by atoms with Crippen molar-refractivity contribution in [1.82, 2.24) is 0 Å². The molecule has 0 unspecified atom stereocenters. The number of rotatable bonds is 8. The van der Waals surface area contributed by atoms with Gasteiger partial charge in [-0.25, -0.2) is 0 Å². The van der Waals surface area contributed by atoms with Crippen LogP contribution in [0.5, 0.6) is 5.75 Å². The lowest BCUT2D eigenvalue weighted by atomic mass is 10.2. The van der Waals surface area contributed by atoms with Crippen LogP contribution in [0, 0.1) is 0 Å². The lowest BCUT2D eigenvalue weighted by Crippen LogP contribution is -2.13. The van der Waals surface area contributed by atoms with Gasteiger partial charge >= 0.3 is 0 Å². The Bertz CT molecular complexity index is 422. The third-order valence-corrected chi connectivity index (χ3v) is 3.15. The van der Waals surface area contributed by atoms with Crippen LogP contribution < -0.4 is 10.5 Å². The molecule has 0 aliphatic rings. The predicted octanol–water partition coefficient (Wildman–Crippen LogP) is 3.78. The minimum atomic E-state index is -0.00360. The molecule has 0 heterocycles. The van der Waals surface area contributed by atoms with Crippen molar-refractivity contribution in [2.45, 2.75) is 39.0 Å². The highest BCUT2D eigenvalue weighted by atomic mass is 35.5. The van der Waals surface area contributed by atoms with Crippen LogP contribution in [0.4, 0.5) is 0 Å². The van der Waals surface area contributed by atoms with Crippen molar-refractivity contribution in [3.63, 3.8) is 0 Å². The van der Waals surface area contributed by atoms with E-state index in [-0.39, 0.29) is 5.84 Å². The summed E-state index contributed by atoms with van der Waals surface area (Å²) in [5.74, 6) is 0.700. The van der Waals surface area contributed by atoms with Crippen molar-refractivity contribution in [3.05, 3.63) is 28.8 Å². The van der Waals surface area contributed by atoms with Crippen molar-refractivity contribution in [2.24, 2.45) is 10.9 Å². The van der Waals surface area contributed by atoms with Gasteiger partial charge in [0.2, 0.25) is 0 Å². The normalized spacial score (nSPS) is 11.6. The minimum Gasteiger partial charge on any atom is -0.494 e. The van der Waals surface area contributed by atoms with Crippen LogP contribution in [-0.2, 0) is 0 Å². The quantitative estimate of drug-likeness (QED) is 0.251. The first kappa shape index (κ1) is 15.6. The molecule has 0 saturated carbocycles. The molecule has 5 heteroatoms. The maximum Gasteiger partial charge on any atom is 0.171 e. The Morgan fingerprint density at radius 2 is 2.05 bits per heavy atom. The van der Waals surface area contributed by atoms with Gasteiger partial charge in [-0.05, 0) is 24.6 Å². The molecule has 0 amide bonds. The Morgan fingerprint density at radius 1 is 1.32 bits per heavy atom. The zero-order chi connectivity index (χ0) is 14.1. The van der Waals surface area contributed by atoms with Crippen molar-refractivity contribution < 1.29 is 9.94 Å². The summed E-state index contributed by atoms with van der Waals surface area (Å²) in [7, 11) is 0. The molecule has 0 fully saturated rings. The molecule has 1 aromatic carbocycles. The summed E-state index contributed by atoms with van der Waals surface area (Å²) >= 11 is 6.03. The van der Waals surface area contributed by atoms with Crippen molar-refractivity contribution in [3.8, 4) is 5.75 Å². The van der Waals surface area contributed by atoms with Gasteiger partial charge in [-0.2, -0.15) is 0 Å². The van der Waals surface area contributed by atoms with Gasteiger partial charge in [-0.1, -0.05) is 49.4 Å². The first-order valence-electron chi connectivity index (χ1n) is 6.59. The first-order chi connectivity index (χ1) is 9.19. The number of hydrogen-bond acceptors (Lipinski definition) is 3. The third-order valence-electron chi connectivity index (χ3n) is 2.84. The van der Waals surface area contributed by atoms with Crippen molar-refractivity contribution in [1.29, 1.82) is 0 Å². The second kappa shape index (κ2) is 8.64. The number of oxime groups is 1. The zero-order valence-electron chi connectivity index (χ0n) is 11.2. The lowest BCUT2D eigenvalue weighted by Gasteiger charge is -2.08. The molecule has 0 atom stereocenters. The van der Waals surface area contributed by atoms with Crippen LogP contribution in [0.2, 0.25) is 5.02 Å². The fourth-order valence-corrected chi connectivity index (χ4v) is 2.01. The van der Waals surface area contributed by atoms with Gasteiger partial charge < -0.3 is 15.7 Å². The van der Waals surface area contributed by atoms with E-state index in [0.29, 0.717) is 22.9 Å². The second-order valence-electron chi connectivity index (χ2n) is 4.39. The van der Waals surface area contributed by atoms with E-state index in [1.807, 2.05) is 0 Å². The minimum absolute atomic E-state index is 0.00360. The summed E-state index contributed by atoms with van der Waals surface area (Å²) in [6, 6.07) is 5.13. The monoisotopic (exact) mass is 284 g/mol. The van der Waals surface area contributed by atoms with Crippen LogP contribution in [0.15, 0.2) is 23.4 Å². The maximum absolute atomic E-state index is 8.60. The highest BCUT2D eigenvalue weighted by Crippen LogP contribution is 2.22. The molecule has 1 aromatic rings. The summed E-state index contributed by atoms with van der Waals surface area (Å²) in [4.78, 5) is 0. The maximum atomic E-state index is 8.60. The van der Waals surface area contributed by atoms with Gasteiger partial charge in [0.05, 0.1) is 11.6 Å². The average molecular weight is 285 g/mol. The highest BCUT2D eigenvalue weighted by molar-refractivity contribution is 6.34. The summed E-state index contributed by atoms with van der Waals surface area (Å²) in [5.41, 5.74) is 5.99. The second-order valence-corrected chi connectivity index (χ2v) is 4.80. The van der Waals surface area contributed by atoms with E-state index in [2.05, 4.69) is 12.1 Å². The molecule has 0 aromatic heterocycles. The number of benzene rings is 1. The Hall–Kier alpha value is -1.42. The van der Waals surface area contributed by atoms with Gasteiger partial charge in [0, 0.05) is 5.56 Å². The number of nitrogens with zero attached hydrogens (tertiary/aromatic N) is 1. The fourth-order valence-electron chi connectivity index (χ4n) is 1.74. The lowest BCUT2D eigenvalue weighted by molar-refractivity contribution is 0.304. The molecule has 0 saturated heterocycles. The molecule has 0 aliphatic heterocycles. The Labute approximate surface area is 119 Å². The van der Waals surface area contributed by atoms with Gasteiger partial charge in [0.1, 0.15) is 5.75 Å². The van der Waals surface area contributed by atoms with E-state index in [9.17, 15) is 0 Å². The molecular weight excluding hydrogens is 264 g/mol. The predicted molar refractivity (Wildman–Crippen MR) is 78.2 cm³/mol. The molecule has 4 nitrogen and oxygen atoms in total. The molecule has 3 N–H and O–H groups in total. The number of halogens is 1. The van der Waals surface area contributed by atoms with Crippen molar-refractivity contribution >= 4 is 17.4 Å². The van der Waals surface area contributed by atoms with E-state index >= 15 is 0 Å². The molecule has 1 rings (SSSR count). The fraction of sp³-hybridized carbons (Fsp3) is 0.500. The summed E-state index contributed by atoms with van der Waals surface area (Å²) < 4.78 is 5.61. The van der Waals surface area contributed by atoms with E-state index in [1.54, 1.807) is 18.2 Å². The number of ether oxygens (including phenoxy) is 1. The van der Waals surface area contributed by atoms with E-state index < -0.39 is 0 Å². The molecule has 0 aliphatic carbocycles. The van der Waals surface area contributed by atoms with Gasteiger partial charge in [-0.3, -0.25) is 0 Å². The summed E-state index contributed by atoms with van der Waals surface area (Å²) in [5, 5.41) is 11.9. The SMILES string of the molecule is CCCCCCCOc1ccc(/C(N)=N/O)c(Cl)c1. The Kier molecular flexibility index (Phi) is 7.11. The Morgan fingerprint density at radius 3 is 2.68 bits per heavy atom. The molecular formula is C14H21ClN2O2. The number of hydrogen-bond donors (Lipinski definition) is 2. The smallest absolute Gasteiger partial charge is 0.171 e. The van der Waals surface area contributed by atoms with Crippen molar-refractivity contribution in [2.75, 3.05) is 6.61 Å². The van der Waals surface area contributed by atoms with Crippen LogP contribution in [0.3, 0.4) is 0 Å². The molecule has 106 valence electrons. The summed E-state index contributed by atoms with van der Waals surface area (Å²) in [6.45, 7) is 2.88. The van der Waals surface area contributed by atoms with E-state index in [0.717, 1.165) is 6.42 Å². The van der Waals surface area contributed by atoms with Gasteiger partial charge in [-0.15, -0.1) is 0 Å². The van der Waals surface area contributed by atoms with Crippen LogP contribution in [0.25, 0.3) is 0 Å². The highest BCUT2D eigenvalue weighted by Gasteiger charge is 2.06. The molecule has 0 spiro atoms. The standard InChI is InChI=1S/C14H21ClN2O2/c1-2-3-4-5-6-9-19-11-7-8-12(13(15)10-11)14(16)17-18/h7-8,10,18H,2-6,9H2,1H3,(H2,16,17). The van der Waals surface area contributed by atoms with E-state index in [1.165, 1.54) is 25.7 Å². The van der Waals surface area contributed by atoms with Crippen LogP contribution in [0.1, 0.15) is 44.6 Å². The Balaban J connectivity index is 2.42. The first-order valence-corrected chi connectivity index (χ1v) is 6.97.